The van der Waals surface area contributed by atoms with Gasteiger partial charge in [-0.1, -0.05) is 0 Å². The van der Waals surface area contributed by atoms with E-state index in [1.54, 1.807) is 14.2 Å². The third kappa shape index (κ3) is 3.65. The van der Waals surface area contributed by atoms with Gasteiger partial charge in [-0.3, -0.25) is 0 Å². The molecular weight excluding hydrogens is 280 g/mol. The van der Waals surface area contributed by atoms with E-state index >= 15 is 0 Å². The van der Waals surface area contributed by atoms with Crippen LogP contribution in [0.5, 0.6) is 17.2 Å². The predicted octanol–water partition coefficient (Wildman–Crippen LogP) is 2.46. The fraction of sp³-hybridized carbons (Fsp3) is 0.647. The van der Waals surface area contributed by atoms with Crippen LogP contribution >= 0.6 is 0 Å². The van der Waals surface area contributed by atoms with E-state index in [0.29, 0.717) is 11.5 Å². The van der Waals surface area contributed by atoms with E-state index in [9.17, 15) is 0 Å². The number of nitrogens with one attached hydrogen (secondary N) is 1. The van der Waals surface area contributed by atoms with E-state index in [0.717, 1.165) is 30.8 Å². The van der Waals surface area contributed by atoms with E-state index in [-0.39, 0.29) is 11.6 Å². The Bertz CT molecular complexity index is 515. The van der Waals surface area contributed by atoms with Crippen LogP contribution in [0.4, 0.5) is 0 Å². The minimum Gasteiger partial charge on any atom is -0.493 e. The zero-order valence-corrected chi connectivity index (χ0v) is 14.5. The molecule has 0 saturated heterocycles. The third-order valence-corrected chi connectivity index (χ3v) is 3.93. The summed E-state index contributed by atoms with van der Waals surface area (Å²) in [6.07, 6.45) is 0.920. The Kier molecular flexibility index (Phi) is 5.19. The maximum absolute atomic E-state index is 6.19. The molecule has 1 N–H and O–H groups in total. The molecule has 2 rings (SSSR count). The summed E-state index contributed by atoms with van der Waals surface area (Å²) in [5.41, 5.74) is 0.887. The van der Waals surface area contributed by atoms with Gasteiger partial charge in [0.05, 0.1) is 14.2 Å². The van der Waals surface area contributed by atoms with Crippen molar-refractivity contribution < 1.29 is 14.2 Å². The van der Waals surface area contributed by atoms with Crippen LogP contribution in [0.15, 0.2) is 12.1 Å². The van der Waals surface area contributed by atoms with Crippen LogP contribution in [0.3, 0.4) is 0 Å². The van der Waals surface area contributed by atoms with E-state index in [2.05, 4.69) is 44.2 Å². The number of hydrogen-bond acceptors (Lipinski definition) is 5. The average Bonchev–Trinajstić information content (AvgIpc) is 2.44. The molecule has 22 heavy (non-hydrogen) atoms. The molecule has 5 nitrogen and oxygen atoms in total. The first kappa shape index (κ1) is 16.9. The van der Waals surface area contributed by atoms with Crippen LogP contribution in [0.25, 0.3) is 0 Å². The Morgan fingerprint density at radius 2 is 2.00 bits per heavy atom. The second-order valence-corrected chi connectivity index (χ2v) is 6.60. The molecule has 0 fully saturated rings. The molecule has 0 aliphatic carbocycles. The maximum atomic E-state index is 6.19. The molecule has 0 spiro atoms. The van der Waals surface area contributed by atoms with Gasteiger partial charge < -0.3 is 24.4 Å². The Hall–Kier alpha value is -1.46. The normalized spacial score (nSPS) is 19.5. The minimum absolute atomic E-state index is 0.248. The fourth-order valence-corrected chi connectivity index (χ4v) is 2.86. The Morgan fingerprint density at radius 3 is 2.59 bits per heavy atom. The lowest BCUT2D eigenvalue weighted by Crippen LogP contribution is -2.41. The summed E-state index contributed by atoms with van der Waals surface area (Å²) in [6.45, 7) is 6.15. The number of benzene rings is 1. The van der Waals surface area contributed by atoms with Crippen molar-refractivity contribution in [2.24, 2.45) is 0 Å². The van der Waals surface area contributed by atoms with Crippen LogP contribution < -0.4 is 19.5 Å². The molecule has 1 aliphatic rings. The highest BCUT2D eigenvalue weighted by Gasteiger charge is 2.36. The zero-order valence-electron chi connectivity index (χ0n) is 14.5. The minimum atomic E-state index is -0.248. The van der Waals surface area contributed by atoms with Crippen molar-refractivity contribution >= 4 is 0 Å². The topological polar surface area (TPSA) is 43.0 Å². The summed E-state index contributed by atoms with van der Waals surface area (Å²) < 4.78 is 17.1. The number of ether oxygens (including phenoxy) is 3. The quantitative estimate of drug-likeness (QED) is 0.874. The smallest absolute Gasteiger partial charge is 0.203 e. The molecule has 5 heteroatoms. The summed E-state index contributed by atoms with van der Waals surface area (Å²) in [5, 5.41) is 3.64. The van der Waals surface area contributed by atoms with Crippen LogP contribution in [0.1, 0.15) is 31.9 Å². The van der Waals surface area contributed by atoms with E-state index < -0.39 is 0 Å². The Balaban J connectivity index is 2.32. The molecule has 0 bridgehead atoms. The van der Waals surface area contributed by atoms with Crippen molar-refractivity contribution in [3.63, 3.8) is 0 Å². The predicted molar refractivity (Wildman–Crippen MR) is 88.2 cm³/mol. The molecule has 124 valence electrons. The lowest BCUT2D eigenvalue weighted by atomic mass is 9.89. The first-order valence-corrected chi connectivity index (χ1v) is 7.70. The van der Waals surface area contributed by atoms with Gasteiger partial charge in [-0.05, 0) is 40.1 Å². The molecular formula is C17H28N2O3. The van der Waals surface area contributed by atoms with Crippen LogP contribution in [-0.2, 0) is 0 Å². The average molecular weight is 308 g/mol. The lowest BCUT2D eigenvalue weighted by Gasteiger charge is -2.39. The molecule has 0 aromatic heterocycles. The highest BCUT2D eigenvalue weighted by atomic mass is 16.5. The molecule has 0 saturated carbocycles. The number of hydrogen-bond donors (Lipinski definition) is 1. The number of rotatable bonds is 6. The summed E-state index contributed by atoms with van der Waals surface area (Å²) in [5.74, 6) is 2.17. The number of likely N-dealkylation sites (N-methyl/N-ethyl adjacent to an activating group) is 1. The van der Waals surface area contributed by atoms with Gasteiger partial charge in [-0.15, -0.1) is 0 Å². The number of nitrogens with zero attached hydrogens (tertiary/aromatic N) is 1. The number of fused-ring (bicyclic) bond motifs is 1. The van der Waals surface area contributed by atoms with Gasteiger partial charge in [-0.2, -0.15) is 0 Å². The fourth-order valence-electron chi connectivity index (χ4n) is 2.86. The maximum Gasteiger partial charge on any atom is 0.203 e. The second-order valence-electron chi connectivity index (χ2n) is 6.60. The van der Waals surface area contributed by atoms with Crippen molar-refractivity contribution in [1.82, 2.24) is 10.2 Å². The van der Waals surface area contributed by atoms with Crippen LogP contribution in [0, 0.1) is 0 Å². The van der Waals surface area contributed by atoms with Crippen molar-refractivity contribution in [1.29, 1.82) is 0 Å². The van der Waals surface area contributed by atoms with Gasteiger partial charge in [0.25, 0.3) is 0 Å². The third-order valence-electron chi connectivity index (χ3n) is 3.93. The standard InChI is InChI=1S/C17H28N2O3/c1-17(2)11-13(18-9-10-19(3)4)12-7-8-14(20-5)16(21-6)15(12)22-17/h7-8,13,18H,9-11H2,1-6H3. The number of methoxy groups -OCH3 is 2. The van der Waals surface area contributed by atoms with Crippen molar-refractivity contribution in [3.8, 4) is 17.2 Å². The largest absolute Gasteiger partial charge is 0.493 e. The van der Waals surface area contributed by atoms with Crippen LogP contribution in [-0.4, -0.2) is 51.9 Å². The second kappa shape index (κ2) is 6.75. The summed E-state index contributed by atoms with van der Waals surface area (Å²) in [7, 11) is 7.46. The Morgan fingerprint density at radius 1 is 1.27 bits per heavy atom. The van der Waals surface area contributed by atoms with Crippen molar-refractivity contribution in [2.45, 2.75) is 31.9 Å². The summed E-state index contributed by atoms with van der Waals surface area (Å²) >= 11 is 0. The zero-order chi connectivity index (χ0) is 16.3. The van der Waals surface area contributed by atoms with Gasteiger partial charge in [0.2, 0.25) is 5.75 Å². The molecule has 1 aromatic carbocycles. The van der Waals surface area contributed by atoms with E-state index in [1.807, 2.05) is 6.07 Å². The monoisotopic (exact) mass is 308 g/mol. The molecule has 1 atom stereocenters. The molecule has 1 aromatic rings. The van der Waals surface area contributed by atoms with Crippen molar-refractivity contribution in [2.75, 3.05) is 41.4 Å². The highest BCUT2D eigenvalue weighted by molar-refractivity contribution is 5.57. The van der Waals surface area contributed by atoms with Gasteiger partial charge in [0, 0.05) is 31.1 Å². The molecule has 1 heterocycles. The van der Waals surface area contributed by atoms with Gasteiger partial charge >= 0.3 is 0 Å². The summed E-state index contributed by atoms with van der Waals surface area (Å²) in [6, 6.07) is 4.26. The van der Waals surface area contributed by atoms with Crippen molar-refractivity contribution in [3.05, 3.63) is 17.7 Å². The molecule has 1 aliphatic heterocycles. The van der Waals surface area contributed by atoms with Gasteiger partial charge in [0.1, 0.15) is 5.60 Å². The lowest BCUT2D eigenvalue weighted by molar-refractivity contribution is 0.0615. The Labute approximate surface area is 133 Å². The highest BCUT2D eigenvalue weighted by Crippen LogP contribution is 2.48. The first-order chi connectivity index (χ1) is 10.4. The van der Waals surface area contributed by atoms with E-state index in [4.69, 9.17) is 14.2 Å². The molecule has 0 radical (unpaired) electrons. The molecule has 0 amide bonds. The molecule has 1 unspecified atom stereocenters. The SMILES string of the molecule is COc1ccc2c(c1OC)OC(C)(C)CC2NCCN(C)C. The first-order valence-electron chi connectivity index (χ1n) is 7.70. The van der Waals surface area contributed by atoms with Crippen LogP contribution in [0.2, 0.25) is 0 Å². The van der Waals surface area contributed by atoms with Gasteiger partial charge in [-0.25, -0.2) is 0 Å². The van der Waals surface area contributed by atoms with E-state index in [1.165, 1.54) is 0 Å². The summed E-state index contributed by atoms with van der Waals surface area (Å²) in [4.78, 5) is 2.17. The van der Waals surface area contributed by atoms with Gasteiger partial charge in [0.15, 0.2) is 11.5 Å².